The maximum Gasteiger partial charge on any atom is 0.337 e. The van der Waals surface area contributed by atoms with E-state index in [9.17, 15) is 13.2 Å². The Bertz CT molecular complexity index is 660. The number of halogens is 1. The van der Waals surface area contributed by atoms with Crippen LogP contribution in [0.1, 0.15) is 23.2 Å². The van der Waals surface area contributed by atoms with Crippen molar-refractivity contribution < 1.29 is 22.7 Å². The molecule has 0 amide bonds. The third-order valence-corrected chi connectivity index (χ3v) is 5.38. The van der Waals surface area contributed by atoms with Gasteiger partial charge in [-0.3, -0.25) is 0 Å². The minimum atomic E-state index is -3.69. The van der Waals surface area contributed by atoms with Gasteiger partial charge in [-0.15, -0.1) is 12.4 Å². The van der Waals surface area contributed by atoms with Crippen molar-refractivity contribution in [1.82, 2.24) is 10.0 Å². The Labute approximate surface area is 148 Å². The van der Waals surface area contributed by atoms with Crippen molar-refractivity contribution in [3.63, 3.8) is 0 Å². The molecule has 1 aromatic rings. The van der Waals surface area contributed by atoms with E-state index in [4.69, 9.17) is 4.74 Å². The van der Waals surface area contributed by atoms with Gasteiger partial charge >= 0.3 is 5.97 Å². The van der Waals surface area contributed by atoms with E-state index in [0.717, 1.165) is 25.9 Å². The van der Waals surface area contributed by atoms with Crippen LogP contribution in [0.3, 0.4) is 0 Å². The van der Waals surface area contributed by atoms with Crippen LogP contribution in [0.25, 0.3) is 0 Å². The summed E-state index contributed by atoms with van der Waals surface area (Å²) < 4.78 is 37.1. The zero-order valence-corrected chi connectivity index (χ0v) is 15.3. The lowest BCUT2D eigenvalue weighted by molar-refractivity contribution is 0.0600. The number of sulfonamides is 1. The van der Waals surface area contributed by atoms with Crippen molar-refractivity contribution in [1.29, 1.82) is 0 Å². The Morgan fingerprint density at radius 2 is 2.12 bits per heavy atom. The number of methoxy groups -OCH3 is 2. The lowest BCUT2D eigenvalue weighted by atomic mass is 10.1. The second kappa shape index (κ2) is 9.22. The molecule has 1 unspecified atom stereocenters. The van der Waals surface area contributed by atoms with E-state index in [-0.39, 0.29) is 28.6 Å². The zero-order valence-electron chi connectivity index (χ0n) is 13.7. The molecule has 2 N–H and O–H groups in total. The number of rotatable bonds is 7. The molecule has 0 spiro atoms. The molecule has 0 aromatic heterocycles. The van der Waals surface area contributed by atoms with Gasteiger partial charge in [0.05, 0.1) is 19.8 Å². The highest BCUT2D eigenvalue weighted by Crippen LogP contribution is 2.25. The molecule has 136 valence electrons. The van der Waals surface area contributed by atoms with Crippen molar-refractivity contribution in [2.45, 2.75) is 17.7 Å². The summed E-state index contributed by atoms with van der Waals surface area (Å²) in [4.78, 5) is 11.5. The van der Waals surface area contributed by atoms with Crippen LogP contribution in [0.5, 0.6) is 5.75 Å². The summed E-state index contributed by atoms with van der Waals surface area (Å²) in [5.74, 6) is 0.0677. The lowest BCUT2D eigenvalue weighted by Crippen LogP contribution is -2.27. The first-order valence-corrected chi connectivity index (χ1v) is 8.93. The molecular weight excluding hydrogens is 356 g/mol. The monoisotopic (exact) mass is 378 g/mol. The number of carbonyl (C=O) groups excluding carboxylic acids is 1. The van der Waals surface area contributed by atoms with Gasteiger partial charge in [-0.1, -0.05) is 0 Å². The fourth-order valence-electron chi connectivity index (χ4n) is 2.57. The van der Waals surface area contributed by atoms with Crippen LogP contribution >= 0.6 is 12.4 Å². The van der Waals surface area contributed by atoms with E-state index in [1.165, 1.54) is 32.4 Å². The van der Waals surface area contributed by atoms with E-state index in [2.05, 4.69) is 14.8 Å². The molecule has 1 aromatic carbocycles. The van der Waals surface area contributed by atoms with Crippen LogP contribution in [0.4, 0.5) is 0 Å². The average molecular weight is 379 g/mol. The fourth-order valence-corrected chi connectivity index (χ4v) is 3.77. The summed E-state index contributed by atoms with van der Waals surface area (Å²) >= 11 is 0. The number of hydrogen-bond donors (Lipinski definition) is 2. The number of hydrogen-bond acceptors (Lipinski definition) is 6. The Balaban J connectivity index is 0.00000288. The van der Waals surface area contributed by atoms with Gasteiger partial charge in [-0.2, -0.15) is 0 Å². The van der Waals surface area contributed by atoms with E-state index in [0.29, 0.717) is 12.5 Å². The van der Waals surface area contributed by atoms with E-state index < -0.39 is 16.0 Å². The molecule has 1 fully saturated rings. The zero-order chi connectivity index (χ0) is 16.9. The van der Waals surface area contributed by atoms with E-state index in [1.54, 1.807) is 0 Å². The van der Waals surface area contributed by atoms with Crippen molar-refractivity contribution >= 4 is 28.4 Å². The smallest absolute Gasteiger partial charge is 0.337 e. The predicted octanol–water partition coefficient (Wildman–Crippen LogP) is 1.18. The highest BCUT2D eigenvalue weighted by Gasteiger charge is 2.22. The summed E-state index contributed by atoms with van der Waals surface area (Å²) in [6.45, 7) is 2.29. The quantitative estimate of drug-likeness (QED) is 0.692. The highest BCUT2D eigenvalue weighted by atomic mass is 35.5. The third-order valence-electron chi connectivity index (χ3n) is 3.88. The number of ether oxygens (including phenoxy) is 2. The molecule has 0 saturated carbocycles. The first-order chi connectivity index (χ1) is 11.0. The van der Waals surface area contributed by atoms with Crippen LogP contribution in [-0.2, 0) is 14.8 Å². The molecule has 1 atom stereocenters. The molecule has 24 heavy (non-hydrogen) atoms. The van der Waals surface area contributed by atoms with Crippen LogP contribution in [-0.4, -0.2) is 48.2 Å². The minimum Gasteiger partial charge on any atom is -0.495 e. The normalized spacial score (nSPS) is 17.2. The fraction of sp³-hybridized carbons (Fsp3) is 0.533. The van der Waals surface area contributed by atoms with Crippen LogP contribution < -0.4 is 14.8 Å². The van der Waals surface area contributed by atoms with Crippen LogP contribution in [0.15, 0.2) is 23.1 Å². The number of benzene rings is 1. The maximum absolute atomic E-state index is 12.4. The van der Waals surface area contributed by atoms with Gasteiger partial charge in [0.1, 0.15) is 10.6 Å². The highest BCUT2D eigenvalue weighted by molar-refractivity contribution is 7.89. The molecule has 1 aliphatic rings. The minimum absolute atomic E-state index is 0. The largest absolute Gasteiger partial charge is 0.495 e. The first-order valence-electron chi connectivity index (χ1n) is 7.44. The van der Waals surface area contributed by atoms with Crippen molar-refractivity contribution in [2.75, 3.05) is 33.9 Å². The van der Waals surface area contributed by atoms with E-state index >= 15 is 0 Å². The summed E-state index contributed by atoms with van der Waals surface area (Å²) in [7, 11) is -1.07. The Morgan fingerprint density at radius 1 is 1.38 bits per heavy atom. The number of esters is 1. The standard InChI is InChI=1S/C15H22N2O5S.ClH/c1-21-13-9-12(15(18)22-2)3-4-14(13)23(19,20)17-8-6-11-5-7-16-10-11;/h3-4,9,11,16-17H,5-8,10H2,1-2H3;1H. The summed E-state index contributed by atoms with van der Waals surface area (Å²) in [5, 5.41) is 3.25. The summed E-state index contributed by atoms with van der Waals surface area (Å²) in [6, 6.07) is 4.12. The van der Waals surface area contributed by atoms with Crippen molar-refractivity contribution in [3.8, 4) is 5.75 Å². The van der Waals surface area contributed by atoms with Crippen LogP contribution in [0, 0.1) is 5.92 Å². The molecule has 1 heterocycles. The topological polar surface area (TPSA) is 93.7 Å². The average Bonchev–Trinajstić information content (AvgIpc) is 3.06. The van der Waals surface area contributed by atoms with E-state index in [1.807, 2.05) is 0 Å². The maximum atomic E-state index is 12.4. The lowest BCUT2D eigenvalue weighted by Gasteiger charge is -2.13. The second-order valence-corrected chi connectivity index (χ2v) is 7.14. The molecule has 1 saturated heterocycles. The summed E-state index contributed by atoms with van der Waals surface area (Å²) in [5.41, 5.74) is 0.236. The van der Waals surface area contributed by atoms with Gasteiger partial charge in [0, 0.05) is 6.54 Å². The van der Waals surface area contributed by atoms with Crippen molar-refractivity contribution in [3.05, 3.63) is 23.8 Å². The Kier molecular flexibility index (Phi) is 7.95. The molecule has 1 aliphatic heterocycles. The van der Waals surface area contributed by atoms with Gasteiger partial charge < -0.3 is 14.8 Å². The van der Waals surface area contributed by atoms with Crippen LogP contribution in [0.2, 0.25) is 0 Å². The molecule has 7 nitrogen and oxygen atoms in total. The molecule has 0 bridgehead atoms. The van der Waals surface area contributed by atoms with Gasteiger partial charge in [-0.25, -0.2) is 17.9 Å². The van der Waals surface area contributed by atoms with Gasteiger partial charge in [0.2, 0.25) is 10.0 Å². The Hall–Kier alpha value is -1.35. The number of nitrogens with one attached hydrogen (secondary N) is 2. The third kappa shape index (κ3) is 5.07. The number of carbonyl (C=O) groups is 1. The molecule has 2 rings (SSSR count). The predicted molar refractivity (Wildman–Crippen MR) is 92.4 cm³/mol. The van der Waals surface area contributed by atoms with Gasteiger partial charge in [0.15, 0.2) is 0 Å². The first kappa shape index (κ1) is 20.7. The molecule has 0 aliphatic carbocycles. The van der Waals surface area contributed by atoms with Gasteiger partial charge in [0.25, 0.3) is 0 Å². The molecule has 0 radical (unpaired) electrons. The molecular formula is C15H23ClN2O5S. The SMILES string of the molecule is COC(=O)c1ccc(S(=O)(=O)NCCC2CCNC2)c(OC)c1.Cl. The van der Waals surface area contributed by atoms with Crippen molar-refractivity contribution in [2.24, 2.45) is 5.92 Å². The Morgan fingerprint density at radius 3 is 2.71 bits per heavy atom. The molecule has 9 heteroatoms. The second-order valence-electron chi connectivity index (χ2n) is 5.40. The van der Waals surface area contributed by atoms with Gasteiger partial charge in [-0.05, 0) is 50.0 Å². The summed E-state index contributed by atoms with van der Waals surface area (Å²) in [6.07, 6.45) is 1.85.